The van der Waals surface area contributed by atoms with Crippen molar-refractivity contribution in [2.75, 3.05) is 0 Å². The molecule has 1 heterocycles. The Morgan fingerprint density at radius 1 is 1.30 bits per heavy atom. The smallest absolute Gasteiger partial charge is 0.351 e. The maximum Gasteiger partial charge on any atom is 0.351 e. The molecular formula is C13H10F2O5. The summed E-state index contributed by atoms with van der Waals surface area (Å²) in [5.74, 6) is -5.94. The van der Waals surface area contributed by atoms with Crippen molar-refractivity contribution in [2.24, 2.45) is 0 Å². The number of carboxylic acid groups (broad SMARTS) is 1. The van der Waals surface area contributed by atoms with E-state index in [9.17, 15) is 23.5 Å². The summed E-state index contributed by atoms with van der Waals surface area (Å²) in [6.07, 6.45) is 0. The van der Waals surface area contributed by atoms with Crippen molar-refractivity contribution >= 4 is 16.9 Å². The van der Waals surface area contributed by atoms with Crippen LogP contribution in [0.2, 0.25) is 0 Å². The minimum Gasteiger partial charge on any atom is -0.503 e. The lowest BCUT2D eigenvalue weighted by atomic mass is 9.96. The lowest BCUT2D eigenvalue weighted by Crippen LogP contribution is -2.14. The van der Waals surface area contributed by atoms with Crippen molar-refractivity contribution in [3.8, 4) is 5.75 Å². The molecule has 0 aliphatic heterocycles. The van der Waals surface area contributed by atoms with Crippen LogP contribution in [-0.4, -0.2) is 16.2 Å². The van der Waals surface area contributed by atoms with Gasteiger partial charge in [0.15, 0.2) is 17.1 Å². The van der Waals surface area contributed by atoms with E-state index in [1.807, 2.05) is 0 Å². The Morgan fingerprint density at radius 3 is 2.40 bits per heavy atom. The van der Waals surface area contributed by atoms with Crippen LogP contribution < -0.4 is 5.63 Å². The molecule has 0 unspecified atom stereocenters. The van der Waals surface area contributed by atoms with Gasteiger partial charge in [-0.25, -0.2) is 14.0 Å². The Balaban J connectivity index is 3.06. The van der Waals surface area contributed by atoms with Gasteiger partial charge in [0.25, 0.3) is 0 Å². The van der Waals surface area contributed by atoms with Gasteiger partial charge in [-0.05, 0) is 12.0 Å². The van der Waals surface area contributed by atoms with E-state index < -0.39 is 46.0 Å². The second kappa shape index (κ2) is 4.59. The van der Waals surface area contributed by atoms with Gasteiger partial charge in [-0.15, -0.1) is 0 Å². The second-order valence-corrected chi connectivity index (χ2v) is 4.54. The van der Waals surface area contributed by atoms with E-state index in [0.717, 1.165) is 6.07 Å². The number of rotatable bonds is 2. The molecule has 0 spiro atoms. The molecule has 0 bridgehead atoms. The molecule has 1 aromatic carbocycles. The average molecular weight is 284 g/mol. The molecule has 0 saturated heterocycles. The lowest BCUT2D eigenvalue weighted by Gasteiger charge is -2.13. The zero-order valence-corrected chi connectivity index (χ0v) is 10.5. The zero-order valence-electron chi connectivity index (χ0n) is 10.5. The van der Waals surface area contributed by atoms with E-state index in [0.29, 0.717) is 0 Å². The summed E-state index contributed by atoms with van der Waals surface area (Å²) < 4.78 is 32.2. The van der Waals surface area contributed by atoms with E-state index in [-0.39, 0.29) is 10.9 Å². The van der Waals surface area contributed by atoms with Crippen molar-refractivity contribution in [1.29, 1.82) is 0 Å². The van der Waals surface area contributed by atoms with Crippen LogP contribution >= 0.6 is 0 Å². The third kappa shape index (κ3) is 1.91. The summed E-state index contributed by atoms with van der Waals surface area (Å²) in [5, 5.41) is 18.0. The summed E-state index contributed by atoms with van der Waals surface area (Å²) in [5.41, 5.74) is -2.79. The van der Waals surface area contributed by atoms with Crippen LogP contribution in [0, 0.1) is 11.6 Å². The van der Waals surface area contributed by atoms with Gasteiger partial charge in [0, 0.05) is 10.9 Å². The molecule has 0 radical (unpaired) electrons. The minimum absolute atomic E-state index is 0.120. The molecule has 0 aliphatic rings. The number of carboxylic acids is 1. The summed E-state index contributed by atoms with van der Waals surface area (Å²) in [6, 6.07) is 0.852. The van der Waals surface area contributed by atoms with Gasteiger partial charge in [-0.3, -0.25) is 0 Å². The van der Waals surface area contributed by atoms with E-state index in [1.165, 1.54) is 0 Å². The van der Waals surface area contributed by atoms with E-state index in [1.54, 1.807) is 13.8 Å². The Kier molecular flexibility index (Phi) is 3.21. The molecule has 0 atom stereocenters. The predicted molar refractivity (Wildman–Crippen MR) is 65.1 cm³/mol. The standard InChI is InChI=1S/C13H10F2O5/c1-4(2)7-5-3-6(12(17)18)13(19)20-11(5)9(15)10(16)8(7)14/h3-4,16H,1-2H3,(H,17,18). The number of hydrogen-bond acceptors (Lipinski definition) is 4. The summed E-state index contributed by atoms with van der Waals surface area (Å²) in [6.45, 7) is 3.14. The largest absolute Gasteiger partial charge is 0.503 e. The number of carbonyl (C=O) groups is 1. The van der Waals surface area contributed by atoms with Crippen molar-refractivity contribution in [3.05, 3.63) is 39.2 Å². The van der Waals surface area contributed by atoms with Crippen LogP contribution in [0.25, 0.3) is 11.0 Å². The zero-order chi connectivity index (χ0) is 15.2. The molecule has 5 nitrogen and oxygen atoms in total. The third-order valence-electron chi connectivity index (χ3n) is 2.90. The van der Waals surface area contributed by atoms with Gasteiger partial charge in [-0.2, -0.15) is 4.39 Å². The number of halogens is 2. The first-order valence-corrected chi connectivity index (χ1v) is 5.66. The van der Waals surface area contributed by atoms with Gasteiger partial charge < -0.3 is 14.6 Å². The highest BCUT2D eigenvalue weighted by Gasteiger charge is 2.25. The Bertz CT molecular complexity index is 777. The first-order valence-electron chi connectivity index (χ1n) is 5.66. The quantitative estimate of drug-likeness (QED) is 0.827. The van der Waals surface area contributed by atoms with Crippen molar-refractivity contribution in [2.45, 2.75) is 19.8 Å². The molecule has 106 valence electrons. The fourth-order valence-electron chi connectivity index (χ4n) is 2.00. The maximum absolute atomic E-state index is 13.9. The lowest BCUT2D eigenvalue weighted by molar-refractivity contribution is 0.0692. The first kappa shape index (κ1) is 14.0. The molecule has 2 N–H and O–H groups in total. The fraction of sp³-hybridized carbons (Fsp3) is 0.231. The minimum atomic E-state index is -1.57. The first-order chi connectivity index (χ1) is 9.25. The SMILES string of the molecule is CC(C)c1c(F)c(O)c(F)c2oc(=O)c(C(=O)O)cc12. The average Bonchev–Trinajstić information content (AvgIpc) is 2.36. The molecular weight excluding hydrogens is 274 g/mol. The Morgan fingerprint density at radius 2 is 1.90 bits per heavy atom. The van der Waals surface area contributed by atoms with Crippen molar-refractivity contribution in [1.82, 2.24) is 0 Å². The molecule has 0 amide bonds. The molecule has 1 aromatic heterocycles. The molecule has 2 rings (SSSR count). The van der Waals surface area contributed by atoms with Gasteiger partial charge in [0.1, 0.15) is 5.56 Å². The van der Waals surface area contributed by atoms with Crippen LogP contribution in [-0.2, 0) is 0 Å². The van der Waals surface area contributed by atoms with Gasteiger partial charge in [-0.1, -0.05) is 13.8 Å². The summed E-state index contributed by atoms with van der Waals surface area (Å²) in [4.78, 5) is 22.3. The number of hydrogen-bond donors (Lipinski definition) is 2. The highest BCUT2D eigenvalue weighted by atomic mass is 19.1. The van der Waals surface area contributed by atoms with Crippen LogP contribution in [0.4, 0.5) is 8.78 Å². The van der Waals surface area contributed by atoms with Crippen LogP contribution in [0.3, 0.4) is 0 Å². The molecule has 0 fully saturated rings. The van der Waals surface area contributed by atoms with Gasteiger partial charge in [0.05, 0.1) is 0 Å². The van der Waals surface area contributed by atoms with Crippen LogP contribution in [0.5, 0.6) is 5.75 Å². The molecule has 0 saturated carbocycles. The summed E-state index contributed by atoms with van der Waals surface area (Å²) >= 11 is 0. The van der Waals surface area contributed by atoms with Crippen molar-refractivity contribution < 1.29 is 28.2 Å². The normalized spacial score (nSPS) is 11.2. The van der Waals surface area contributed by atoms with E-state index in [2.05, 4.69) is 4.42 Å². The number of aromatic carboxylic acids is 1. The molecule has 0 aliphatic carbocycles. The highest BCUT2D eigenvalue weighted by molar-refractivity contribution is 5.93. The van der Waals surface area contributed by atoms with Crippen LogP contribution in [0.15, 0.2) is 15.3 Å². The topological polar surface area (TPSA) is 87.7 Å². The Labute approximate surface area is 111 Å². The number of phenolic OH excluding ortho intramolecular Hbond substituents is 1. The molecule has 7 heteroatoms. The number of benzene rings is 1. The van der Waals surface area contributed by atoms with Crippen LogP contribution in [0.1, 0.15) is 35.7 Å². The number of aromatic hydroxyl groups is 1. The molecule has 2 aromatic rings. The van der Waals surface area contributed by atoms with E-state index >= 15 is 0 Å². The monoisotopic (exact) mass is 284 g/mol. The van der Waals surface area contributed by atoms with Gasteiger partial charge >= 0.3 is 11.6 Å². The fourth-order valence-corrected chi connectivity index (χ4v) is 2.00. The highest BCUT2D eigenvalue weighted by Crippen LogP contribution is 2.36. The number of fused-ring (bicyclic) bond motifs is 1. The maximum atomic E-state index is 13.9. The second-order valence-electron chi connectivity index (χ2n) is 4.54. The Hall–Kier alpha value is -2.44. The summed E-state index contributed by atoms with van der Waals surface area (Å²) in [7, 11) is 0. The number of phenols is 1. The molecule has 20 heavy (non-hydrogen) atoms. The van der Waals surface area contributed by atoms with Gasteiger partial charge in [0.2, 0.25) is 5.82 Å². The van der Waals surface area contributed by atoms with E-state index in [4.69, 9.17) is 5.11 Å². The predicted octanol–water partition coefficient (Wildman–Crippen LogP) is 2.60. The third-order valence-corrected chi connectivity index (χ3v) is 2.90. The van der Waals surface area contributed by atoms with Crippen molar-refractivity contribution in [3.63, 3.8) is 0 Å².